The average Bonchev–Trinajstić information content (AvgIpc) is 2.51. The van der Waals surface area contributed by atoms with E-state index >= 15 is 0 Å². The van der Waals surface area contributed by atoms with Crippen molar-refractivity contribution in [2.75, 3.05) is 20.3 Å². The minimum absolute atomic E-state index is 0.0351. The van der Waals surface area contributed by atoms with E-state index in [1.165, 1.54) is 19.2 Å². The van der Waals surface area contributed by atoms with Crippen LogP contribution in [0.15, 0.2) is 18.2 Å². The second-order valence-corrected chi connectivity index (χ2v) is 5.25. The third kappa shape index (κ3) is 5.93. The summed E-state index contributed by atoms with van der Waals surface area (Å²) in [6, 6.07) is 3.66. The minimum Gasteiger partial charge on any atom is -0.477 e. The van der Waals surface area contributed by atoms with Gasteiger partial charge in [0.15, 0.2) is 12.4 Å². The van der Waals surface area contributed by atoms with Gasteiger partial charge in [0.2, 0.25) is 0 Å². The van der Waals surface area contributed by atoms with Crippen LogP contribution in [0.5, 0.6) is 5.75 Å². The topological polar surface area (TPSA) is 108 Å². The summed E-state index contributed by atoms with van der Waals surface area (Å²) < 4.78 is 9.69. The fourth-order valence-electron chi connectivity index (χ4n) is 1.72. The van der Waals surface area contributed by atoms with Crippen molar-refractivity contribution < 1.29 is 24.0 Å². The first-order valence-electron chi connectivity index (χ1n) is 7.11. The molecular weight excluding hydrogens is 304 g/mol. The summed E-state index contributed by atoms with van der Waals surface area (Å²) >= 11 is 0. The van der Waals surface area contributed by atoms with E-state index in [4.69, 9.17) is 4.74 Å². The lowest BCUT2D eigenvalue weighted by Gasteiger charge is -2.09. The van der Waals surface area contributed by atoms with E-state index in [2.05, 4.69) is 10.1 Å². The number of hydrogen-bond acceptors (Lipinski definition) is 6. The molecule has 0 aliphatic heterocycles. The number of ether oxygens (including phenoxy) is 2. The molecule has 0 aliphatic carbocycles. The standard InChI is InChI=1S/C15H20N2O6/c1-10(2)6-7-16-14(18)9-23-13-5-4-11(15(19)22-3)8-12(13)17(20)21/h4-5,8,10H,6-7,9H2,1-3H3,(H,16,18). The fourth-order valence-corrected chi connectivity index (χ4v) is 1.72. The first-order chi connectivity index (χ1) is 10.8. The van der Waals surface area contributed by atoms with Gasteiger partial charge in [-0.1, -0.05) is 13.8 Å². The minimum atomic E-state index is -0.689. The van der Waals surface area contributed by atoms with Crippen molar-refractivity contribution in [3.8, 4) is 5.75 Å². The van der Waals surface area contributed by atoms with Crippen molar-refractivity contribution >= 4 is 17.6 Å². The summed E-state index contributed by atoms with van der Waals surface area (Å²) in [5.41, 5.74) is -0.365. The first kappa shape index (κ1) is 18.4. The van der Waals surface area contributed by atoms with E-state index in [0.717, 1.165) is 12.5 Å². The molecule has 23 heavy (non-hydrogen) atoms. The van der Waals surface area contributed by atoms with Gasteiger partial charge in [0, 0.05) is 12.6 Å². The van der Waals surface area contributed by atoms with Gasteiger partial charge in [-0.2, -0.15) is 0 Å². The number of esters is 1. The Morgan fingerprint density at radius 2 is 2.04 bits per heavy atom. The summed E-state index contributed by atoms with van der Waals surface area (Å²) in [4.78, 5) is 33.4. The summed E-state index contributed by atoms with van der Waals surface area (Å²) in [5, 5.41) is 13.7. The Morgan fingerprint density at radius 1 is 1.35 bits per heavy atom. The SMILES string of the molecule is COC(=O)c1ccc(OCC(=O)NCCC(C)C)c([N+](=O)[O-])c1. The number of nitrogens with zero attached hydrogens (tertiary/aromatic N) is 1. The van der Waals surface area contributed by atoms with Gasteiger partial charge in [0.25, 0.3) is 5.91 Å². The average molecular weight is 324 g/mol. The van der Waals surface area contributed by atoms with Crippen molar-refractivity contribution in [2.24, 2.45) is 5.92 Å². The molecule has 1 aromatic carbocycles. The Labute approximate surface area is 133 Å². The van der Waals surface area contributed by atoms with Crippen LogP contribution in [0.3, 0.4) is 0 Å². The van der Waals surface area contributed by atoms with Crippen LogP contribution in [0.25, 0.3) is 0 Å². The molecule has 0 spiro atoms. The van der Waals surface area contributed by atoms with Crippen molar-refractivity contribution in [1.29, 1.82) is 0 Å². The number of methoxy groups -OCH3 is 1. The highest BCUT2D eigenvalue weighted by atomic mass is 16.6. The number of carbonyl (C=O) groups is 2. The number of hydrogen-bond donors (Lipinski definition) is 1. The van der Waals surface area contributed by atoms with Gasteiger partial charge in [-0.25, -0.2) is 4.79 Å². The molecule has 0 atom stereocenters. The number of benzene rings is 1. The molecule has 0 aliphatic rings. The first-order valence-corrected chi connectivity index (χ1v) is 7.11. The molecule has 1 aromatic rings. The van der Waals surface area contributed by atoms with Crippen LogP contribution in [-0.4, -0.2) is 37.1 Å². The van der Waals surface area contributed by atoms with Crippen molar-refractivity contribution in [3.05, 3.63) is 33.9 Å². The normalized spacial score (nSPS) is 10.3. The Hall–Kier alpha value is -2.64. The van der Waals surface area contributed by atoms with Crippen molar-refractivity contribution in [2.45, 2.75) is 20.3 Å². The Morgan fingerprint density at radius 3 is 2.61 bits per heavy atom. The van der Waals surface area contributed by atoms with Crippen LogP contribution in [0, 0.1) is 16.0 Å². The van der Waals surface area contributed by atoms with Crippen LogP contribution in [-0.2, 0) is 9.53 Å². The number of amides is 1. The number of nitro benzene ring substituents is 1. The van der Waals surface area contributed by atoms with Gasteiger partial charge < -0.3 is 14.8 Å². The van der Waals surface area contributed by atoms with E-state index in [9.17, 15) is 19.7 Å². The zero-order chi connectivity index (χ0) is 17.4. The molecule has 0 heterocycles. The smallest absolute Gasteiger partial charge is 0.338 e. The highest BCUT2D eigenvalue weighted by Crippen LogP contribution is 2.28. The molecule has 0 aromatic heterocycles. The highest BCUT2D eigenvalue weighted by Gasteiger charge is 2.19. The van der Waals surface area contributed by atoms with E-state index < -0.39 is 16.6 Å². The van der Waals surface area contributed by atoms with Crippen LogP contribution in [0.4, 0.5) is 5.69 Å². The Kier molecular flexibility index (Phi) is 6.98. The van der Waals surface area contributed by atoms with Crippen LogP contribution in [0.2, 0.25) is 0 Å². The third-order valence-corrected chi connectivity index (χ3v) is 2.98. The van der Waals surface area contributed by atoms with Gasteiger partial charge in [0.1, 0.15) is 0 Å². The van der Waals surface area contributed by atoms with Crippen LogP contribution in [0.1, 0.15) is 30.6 Å². The second-order valence-electron chi connectivity index (χ2n) is 5.25. The summed E-state index contributed by atoms with van der Waals surface area (Å²) in [7, 11) is 1.18. The molecule has 8 nitrogen and oxygen atoms in total. The maximum Gasteiger partial charge on any atom is 0.338 e. The number of nitrogens with one attached hydrogen (secondary N) is 1. The van der Waals surface area contributed by atoms with Gasteiger partial charge in [-0.05, 0) is 24.5 Å². The number of rotatable bonds is 8. The monoisotopic (exact) mass is 324 g/mol. The zero-order valence-electron chi connectivity index (χ0n) is 13.3. The largest absolute Gasteiger partial charge is 0.477 e. The molecule has 1 amide bonds. The van der Waals surface area contributed by atoms with Gasteiger partial charge >= 0.3 is 11.7 Å². The fraction of sp³-hybridized carbons (Fsp3) is 0.467. The number of nitro groups is 1. The summed E-state index contributed by atoms with van der Waals surface area (Å²) in [5.74, 6) is -0.673. The third-order valence-electron chi connectivity index (χ3n) is 2.98. The lowest BCUT2D eigenvalue weighted by atomic mass is 10.1. The molecule has 0 saturated carbocycles. The molecule has 1 N–H and O–H groups in total. The maximum absolute atomic E-state index is 11.6. The molecule has 0 fully saturated rings. The molecule has 0 radical (unpaired) electrons. The Balaban J connectivity index is 2.71. The molecule has 8 heteroatoms. The molecular formula is C15H20N2O6. The van der Waals surface area contributed by atoms with Gasteiger partial charge in [-0.3, -0.25) is 14.9 Å². The molecule has 1 rings (SSSR count). The lowest BCUT2D eigenvalue weighted by Crippen LogP contribution is -2.30. The predicted molar refractivity (Wildman–Crippen MR) is 82.4 cm³/mol. The second kappa shape index (κ2) is 8.72. The number of carbonyl (C=O) groups excluding carboxylic acids is 2. The molecule has 126 valence electrons. The van der Waals surface area contributed by atoms with Gasteiger partial charge in [-0.15, -0.1) is 0 Å². The predicted octanol–water partition coefficient (Wildman–Crippen LogP) is 1.92. The van der Waals surface area contributed by atoms with E-state index in [1.54, 1.807) is 0 Å². The van der Waals surface area contributed by atoms with E-state index in [-0.39, 0.29) is 23.8 Å². The highest BCUT2D eigenvalue weighted by molar-refractivity contribution is 5.90. The van der Waals surface area contributed by atoms with Crippen molar-refractivity contribution in [1.82, 2.24) is 5.32 Å². The van der Waals surface area contributed by atoms with Crippen LogP contribution < -0.4 is 10.1 Å². The Bertz CT molecular complexity index is 585. The summed E-state index contributed by atoms with van der Waals surface area (Å²) in [6.07, 6.45) is 0.833. The maximum atomic E-state index is 11.6. The molecule has 0 bridgehead atoms. The quantitative estimate of drug-likeness (QED) is 0.444. The van der Waals surface area contributed by atoms with E-state index in [1.807, 2.05) is 13.8 Å². The van der Waals surface area contributed by atoms with Crippen LogP contribution >= 0.6 is 0 Å². The zero-order valence-corrected chi connectivity index (χ0v) is 13.3. The molecule has 0 saturated heterocycles. The van der Waals surface area contributed by atoms with Gasteiger partial charge in [0.05, 0.1) is 17.6 Å². The summed E-state index contributed by atoms with van der Waals surface area (Å²) in [6.45, 7) is 4.25. The lowest BCUT2D eigenvalue weighted by molar-refractivity contribution is -0.385. The molecule has 0 unspecified atom stereocenters. The van der Waals surface area contributed by atoms with Crippen molar-refractivity contribution in [3.63, 3.8) is 0 Å². The van der Waals surface area contributed by atoms with E-state index in [0.29, 0.717) is 12.5 Å².